The smallest absolute Gasteiger partial charge is 0.123 e. The lowest BCUT2D eigenvalue weighted by molar-refractivity contribution is 0.327. The summed E-state index contributed by atoms with van der Waals surface area (Å²) in [6.07, 6.45) is 7.37. The van der Waals surface area contributed by atoms with Crippen LogP contribution < -0.4 is 0 Å². The molecule has 21 heavy (non-hydrogen) atoms. The lowest BCUT2D eigenvalue weighted by Crippen LogP contribution is -2.22. The third-order valence-electron chi connectivity index (χ3n) is 4.31. The molecule has 1 aromatic carbocycles. The van der Waals surface area contributed by atoms with E-state index in [4.69, 9.17) is 0 Å². The Hall–Kier alpha value is -1.74. The van der Waals surface area contributed by atoms with Gasteiger partial charge in [0.05, 0.1) is 0 Å². The highest BCUT2D eigenvalue weighted by molar-refractivity contribution is 5.31. The molecule has 1 unspecified atom stereocenters. The van der Waals surface area contributed by atoms with Crippen molar-refractivity contribution >= 4 is 0 Å². The van der Waals surface area contributed by atoms with E-state index in [1.807, 2.05) is 24.5 Å². The summed E-state index contributed by atoms with van der Waals surface area (Å²) >= 11 is 0. The number of hydrogen-bond acceptors (Lipinski definition) is 2. The molecule has 0 N–H and O–H groups in total. The fraction of sp³-hybridized carbons (Fsp3) is 0.389. The SMILES string of the molecule is Fc1ccc(C(CCN2CCCC2)c2ccncc2)cc1. The molecule has 3 rings (SSSR count). The number of nitrogens with zero attached hydrogens (tertiary/aromatic N) is 2. The molecular formula is C18H21FN2. The minimum Gasteiger partial charge on any atom is -0.303 e. The zero-order chi connectivity index (χ0) is 14.5. The van der Waals surface area contributed by atoms with E-state index in [9.17, 15) is 4.39 Å². The first-order chi connectivity index (χ1) is 10.3. The molecular weight excluding hydrogens is 263 g/mol. The summed E-state index contributed by atoms with van der Waals surface area (Å²) < 4.78 is 13.2. The fourth-order valence-corrected chi connectivity index (χ4v) is 3.13. The Kier molecular flexibility index (Phi) is 4.61. The molecule has 0 saturated carbocycles. The van der Waals surface area contributed by atoms with Crippen LogP contribution in [0.15, 0.2) is 48.8 Å². The second-order valence-corrected chi connectivity index (χ2v) is 5.72. The Bertz CT molecular complexity index is 547. The highest BCUT2D eigenvalue weighted by Crippen LogP contribution is 2.28. The van der Waals surface area contributed by atoms with Gasteiger partial charge >= 0.3 is 0 Å². The molecule has 0 aliphatic carbocycles. The van der Waals surface area contributed by atoms with Gasteiger partial charge in [-0.1, -0.05) is 12.1 Å². The molecule has 1 aliphatic heterocycles. The summed E-state index contributed by atoms with van der Waals surface area (Å²) in [6, 6.07) is 11.1. The second-order valence-electron chi connectivity index (χ2n) is 5.72. The molecule has 1 fully saturated rings. The summed E-state index contributed by atoms with van der Waals surface area (Å²) in [7, 11) is 0. The van der Waals surface area contributed by atoms with Crippen LogP contribution in [0.5, 0.6) is 0 Å². The Morgan fingerprint density at radius 2 is 1.57 bits per heavy atom. The van der Waals surface area contributed by atoms with Crippen molar-refractivity contribution in [3.05, 3.63) is 65.7 Å². The first-order valence-electron chi connectivity index (χ1n) is 7.71. The Morgan fingerprint density at radius 3 is 2.24 bits per heavy atom. The van der Waals surface area contributed by atoms with Crippen LogP contribution in [0.3, 0.4) is 0 Å². The van der Waals surface area contributed by atoms with E-state index < -0.39 is 0 Å². The van der Waals surface area contributed by atoms with Crippen molar-refractivity contribution in [3.8, 4) is 0 Å². The van der Waals surface area contributed by atoms with E-state index in [1.54, 1.807) is 12.1 Å². The monoisotopic (exact) mass is 284 g/mol. The van der Waals surface area contributed by atoms with Crippen molar-refractivity contribution in [2.75, 3.05) is 19.6 Å². The van der Waals surface area contributed by atoms with Gasteiger partial charge in [0.2, 0.25) is 0 Å². The maximum Gasteiger partial charge on any atom is 0.123 e. The van der Waals surface area contributed by atoms with E-state index in [0.717, 1.165) is 13.0 Å². The molecule has 2 aromatic rings. The lowest BCUT2D eigenvalue weighted by Gasteiger charge is -2.22. The number of aromatic nitrogens is 1. The van der Waals surface area contributed by atoms with Crippen LogP contribution in [0.2, 0.25) is 0 Å². The Labute approximate surface area is 125 Å². The Balaban J connectivity index is 1.78. The maximum absolute atomic E-state index is 13.2. The molecule has 1 saturated heterocycles. The number of rotatable bonds is 5. The van der Waals surface area contributed by atoms with E-state index >= 15 is 0 Å². The first kappa shape index (κ1) is 14.2. The van der Waals surface area contributed by atoms with Gasteiger partial charge in [-0.2, -0.15) is 0 Å². The quantitative estimate of drug-likeness (QED) is 0.829. The van der Waals surface area contributed by atoms with Gasteiger partial charge < -0.3 is 4.90 Å². The van der Waals surface area contributed by atoms with Crippen molar-refractivity contribution in [3.63, 3.8) is 0 Å². The van der Waals surface area contributed by atoms with Crippen LogP contribution in [-0.4, -0.2) is 29.5 Å². The van der Waals surface area contributed by atoms with E-state index in [2.05, 4.69) is 22.0 Å². The molecule has 0 bridgehead atoms. The van der Waals surface area contributed by atoms with E-state index in [-0.39, 0.29) is 5.82 Å². The summed E-state index contributed by atoms with van der Waals surface area (Å²) in [6.45, 7) is 3.53. The van der Waals surface area contributed by atoms with Gasteiger partial charge in [0.25, 0.3) is 0 Å². The molecule has 0 spiro atoms. The first-order valence-corrected chi connectivity index (χ1v) is 7.71. The number of hydrogen-bond donors (Lipinski definition) is 0. The average molecular weight is 284 g/mol. The largest absolute Gasteiger partial charge is 0.303 e. The molecule has 0 amide bonds. The highest BCUT2D eigenvalue weighted by Gasteiger charge is 2.18. The van der Waals surface area contributed by atoms with Crippen molar-refractivity contribution in [2.24, 2.45) is 0 Å². The molecule has 3 heteroatoms. The minimum absolute atomic E-state index is 0.174. The van der Waals surface area contributed by atoms with Crippen molar-refractivity contribution in [2.45, 2.75) is 25.2 Å². The molecule has 2 nitrogen and oxygen atoms in total. The van der Waals surface area contributed by atoms with E-state index in [1.165, 1.54) is 37.1 Å². The summed E-state index contributed by atoms with van der Waals surface area (Å²) in [5, 5.41) is 0. The molecule has 110 valence electrons. The topological polar surface area (TPSA) is 16.1 Å². The lowest BCUT2D eigenvalue weighted by atomic mass is 9.89. The van der Waals surface area contributed by atoms with Crippen LogP contribution in [0, 0.1) is 5.82 Å². The summed E-state index contributed by atoms with van der Waals surface area (Å²) in [5.74, 6) is 0.140. The fourth-order valence-electron chi connectivity index (χ4n) is 3.13. The predicted octanol–water partition coefficient (Wildman–Crippen LogP) is 3.84. The van der Waals surface area contributed by atoms with Gasteiger partial charge in [0.1, 0.15) is 5.82 Å². The predicted molar refractivity (Wildman–Crippen MR) is 82.8 cm³/mol. The zero-order valence-electron chi connectivity index (χ0n) is 12.2. The van der Waals surface area contributed by atoms with E-state index in [0.29, 0.717) is 5.92 Å². The van der Waals surface area contributed by atoms with Crippen molar-refractivity contribution in [1.82, 2.24) is 9.88 Å². The van der Waals surface area contributed by atoms with Gasteiger partial charge in [-0.15, -0.1) is 0 Å². The molecule has 2 heterocycles. The number of benzene rings is 1. The highest BCUT2D eigenvalue weighted by atomic mass is 19.1. The standard InChI is InChI=1S/C18H21FN2/c19-17-5-3-15(4-6-17)18(16-7-10-20-11-8-16)9-14-21-12-1-2-13-21/h3-8,10-11,18H,1-2,9,12-14H2. The van der Waals surface area contributed by atoms with Gasteiger partial charge in [-0.25, -0.2) is 4.39 Å². The normalized spacial score (nSPS) is 17.0. The third-order valence-corrected chi connectivity index (χ3v) is 4.31. The number of pyridine rings is 1. The van der Waals surface area contributed by atoms with Crippen LogP contribution >= 0.6 is 0 Å². The van der Waals surface area contributed by atoms with Gasteiger partial charge in [-0.05, 0) is 74.3 Å². The summed E-state index contributed by atoms with van der Waals surface area (Å²) in [4.78, 5) is 6.63. The maximum atomic E-state index is 13.2. The van der Waals surface area contributed by atoms with Crippen LogP contribution in [0.25, 0.3) is 0 Å². The van der Waals surface area contributed by atoms with Crippen molar-refractivity contribution < 1.29 is 4.39 Å². The Morgan fingerprint density at radius 1 is 0.952 bits per heavy atom. The third kappa shape index (κ3) is 3.67. The van der Waals surface area contributed by atoms with Crippen LogP contribution in [-0.2, 0) is 0 Å². The molecule has 0 radical (unpaired) electrons. The minimum atomic E-state index is -0.174. The number of halogens is 1. The van der Waals surface area contributed by atoms with Crippen LogP contribution in [0.4, 0.5) is 4.39 Å². The second kappa shape index (κ2) is 6.81. The van der Waals surface area contributed by atoms with Gasteiger partial charge in [0, 0.05) is 18.3 Å². The average Bonchev–Trinajstić information content (AvgIpc) is 3.04. The number of likely N-dealkylation sites (tertiary alicyclic amines) is 1. The van der Waals surface area contributed by atoms with Gasteiger partial charge in [0.15, 0.2) is 0 Å². The van der Waals surface area contributed by atoms with Gasteiger partial charge in [-0.3, -0.25) is 4.98 Å². The zero-order valence-corrected chi connectivity index (χ0v) is 12.2. The van der Waals surface area contributed by atoms with Crippen LogP contribution in [0.1, 0.15) is 36.3 Å². The summed E-state index contributed by atoms with van der Waals surface area (Å²) in [5.41, 5.74) is 2.44. The molecule has 1 aromatic heterocycles. The van der Waals surface area contributed by atoms with Crippen molar-refractivity contribution in [1.29, 1.82) is 0 Å². The molecule has 1 atom stereocenters. The molecule has 1 aliphatic rings.